The molecule has 1 fully saturated rings. The maximum Gasteiger partial charge on any atom is 0.255 e. The Morgan fingerprint density at radius 2 is 1.88 bits per heavy atom. The predicted molar refractivity (Wildman–Crippen MR) is 158 cm³/mol. The van der Waals surface area contributed by atoms with Gasteiger partial charge >= 0.3 is 0 Å². The number of hydrogen-bond donors (Lipinski definition) is 2. The van der Waals surface area contributed by atoms with Crippen molar-refractivity contribution in [1.82, 2.24) is 24.6 Å². The van der Waals surface area contributed by atoms with Gasteiger partial charge in [-0.25, -0.2) is 14.6 Å². The van der Waals surface area contributed by atoms with Gasteiger partial charge in [-0.15, -0.1) is 0 Å². The molecule has 1 unspecified atom stereocenters. The molecule has 3 N–H and O–H groups in total. The third kappa shape index (κ3) is 5.59. The molecule has 5 rings (SSSR count). The number of allylic oxidation sites excluding steroid dienone is 1. The Bertz CT molecular complexity index is 1580. The number of benzene rings is 2. The van der Waals surface area contributed by atoms with Crippen LogP contribution in [-0.4, -0.2) is 49.6 Å². The lowest BCUT2D eigenvalue weighted by Crippen LogP contribution is -2.40. The number of piperidine rings is 1. The van der Waals surface area contributed by atoms with Crippen molar-refractivity contribution in [3.05, 3.63) is 77.6 Å². The number of amides is 2. The van der Waals surface area contributed by atoms with E-state index in [0.717, 1.165) is 29.7 Å². The summed E-state index contributed by atoms with van der Waals surface area (Å²) in [5.41, 5.74) is 11.7. The zero-order valence-electron chi connectivity index (χ0n) is 23.4. The lowest BCUT2D eigenvalue weighted by molar-refractivity contribution is -0.127. The number of nitrogens with one attached hydrogen (secondary N) is 1. The number of anilines is 2. The maximum atomic E-state index is 13.1. The summed E-state index contributed by atoms with van der Waals surface area (Å²) in [5, 5.41) is 8.58. The first-order valence-electron chi connectivity index (χ1n) is 13.7. The number of nitrogen functional groups attached to an aromatic ring is 1. The summed E-state index contributed by atoms with van der Waals surface area (Å²) in [6.07, 6.45) is 4.82. The van der Waals surface area contributed by atoms with Gasteiger partial charge in [-0.05, 0) is 62.4 Å². The summed E-state index contributed by atoms with van der Waals surface area (Å²) in [5.74, 6) is 0.530. The van der Waals surface area contributed by atoms with Crippen LogP contribution in [0, 0.1) is 0 Å². The standard InChI is InChI=1S/C31H35N7O2/c1-19(2)15-26(39)37-14-6-9-25(17-37)38-30-27(29(32)33-18-34-30)28(36-38)22-7-5-8-23(16-22)31(40)35-24-12-10-21(11-13-24)20(3)4/h5,7-8,10-13,15-16,18,20,25H,6,9,14,17H2,1-4H3,(H,35,40)(H2,32,33,34). The third-order valence-electron chi connectivity index (χ3n) is 7.22. The average molecular weight is 538 g/mol. The van der Waals surface area contributed by atoms with Crippen molar-refractivity contribution in [2.45, 2.75) is 52.5 Å². The van der Waals surface area contributed by atoms with Crippen LogP contribution in [0.5, 0.6) is 0 Å². The Labute approximate surface area is 234 Å². The molecule has 1 atom stereocenters. The first-order chi connectivity index (χ1) is 19.2. The summed E-state index contributed by atoms with van der Waals surface area (Å²) in [7, 11) is 0. The second-order valence-corrected chi connectivity index (χ2v) is 10.9. The molecule has 0 saturated carbocycles. The van der Waals surface area contributed by atoms with Crippen molar-refractivity contribution in [2.24, 2.45) is 0 Å². The monoisotopic (exact) mass is 537 g/mol. The predicted octanol–water partition coefficient (Wildman–Crippen LogP) is 5.58. The molecule has 2 aromatic carbocycles. The van der Waals surface area contributed by atoms with Gasteiger partial charge in [-0.1, -0.05) is 43.7 Å². The first kappa shape index (κ1) is 27.1. The minimum atomic E-state index is -0.215. The summed E-state index contributed by atoms with van der Waals surface area (Å²) >= 11 is 0. The highest BCUT2D eigenvalue weighted by Gasteiger charge is 2.28. The van der Waals surface area contributed by atoms with Gasteiger partial charge in [0.15, 0.2) is 5.65 Å². The molecule has 1 saturated heterocycles. The normalized spacial score (nSPS) is 15.3. The molecule has 206 valence electrons. The topological polar surface area (TPSA) is 119 Å². The van der Waals surface area contributed by atoms with Gasteiger partial charge < -0.3 is 16.0 Å². The minimum Gasteiger partial charge on any atom is -0.383 e. The molecule has 9 nitrogen and oxygen atoms in total. The summed E-state index contributed by atoms with van der Waals surface area (Å²) in [6, 6.07) is 15.1. The number of likely N-dealkylation sites (tertiary alicyclic amines) is 1. The number of nitrogens with zero attached hydrogens (tertiary/aromatic N) is 5. The van der Waals surface area contributed by atoms with E-state index in [0.29, 0.717) is 47.1 Å². The fourth-order valence-corrected chi connectivity index (χ4v) is 5.11. The number of rotatable bonds is 6. The van der Waals surface area contributed by atoms with Crippen LogP contribution >= 0.6 is 0 Å². The number of carbonyl (C=O) groups is 2. The molecule has 40 heavy (non-hydrogen) atoms. The lowest BCUT2D eigenvalue weighted by Gasteiger charge is -2.32. The van der Waals surface area contributed by atoms with Crippen LogP contribution in [0.3, 0.4) is 0 Å². The summed E-state index contributed by atoms with van der Waals surface area (Å²) < 4.78 is 1.87. The highest BCUT2D eigenvalue weighted by atomic mass is 16.2. The molecule has 0 bridgehead atoms. The van der Waals surface area contributed by atoms with Gasteiger partial charge in [0.25, 0.3) is 5.91 Å². The SMILES string of the molecule is CC(C)=CC(=O)N1CCCC(n2nc(-c3cccc(C(=O)Nc4ccc(C(C)C)cc4)c3)c3c(N)ncnc32)C1. The van der Waals surface area contributed by atoms with E-state index >= 15 is 0 Å². The molecular formula is C31H35N7O2. The number of aromatic nitrogens is 4. The molecule has 2 amide bonds. The first-order valence-corrected chi connectivity index (χ1v) is 13.7. The van der Waals surface area contributed by atoms with Crippen molar-refractivity contribution >= 4 is 34.4 Å². The Morgan fingerprint density at radius 1 is 1.10 bits per heavy atom. The highest BCUT2D eigenvalue weighted by Crippen LogP contribution is 2.34. The average Bonchev–Trinajstić information content (AvgIpc) is 3.34. The van der Waals surface area contributed by atoms with Gasteiger partial charge in [0.05, 0.1) is 11.4 Å². The Balaban J connectivity index is 1.46. The number of fused-ring (bicyclic) bond motifs is 1. The van der Waals surface area contributed by atoms with Crippen LogP contribution in [0.25, 0.3) is 22.3 Å². The van der Waals surface area contributed by atoms with E-state index in [4.69, 9.17) is 10.8 Å². The van der Waals surface area contributed by atoms with Crippen LogP contribution in [0.4, 0.5) is 11.5 Å². The van der Waals surface area contributed by atoms with Crippen LogP contribution in [0.1, 0.15) is 68.4 Å². The van der Waals surface area contributed by atoms with Crippen LogP contribution in [0.2, 0.25) is 0 Å². The Morgan fingerprint density at radius 3 is 2.60 bits per heavy atom. The largest absolute Gasteiger partial charge is 0.383 e. The van der Waals surface area contributed by atoms with Gasteiger partial charge in [-0.3, -0.25) is 9.59 Å². The third-order valence-corrected chi connectivity index (χ3v) is 7.22. The van der Waals surface area contributed by atoms with E-state index < -0.39 is 0 Å². The van der Waals surface area contributed by atoms with Crippen molar-refractivity contribution in [3.8, 4) is 11.3 Å². The lowest BCUT2D eigenvalue weighted by atomic mass is 10.0. The molecule has 3 heterocycles. The Hall–Kier alpha value is -4.53. The van der Waals surface area contributed by atoms with E-state index in [1.807, 2.05) is 65.9 Å². The van der Waals surface area contributed by atoms with Crippen molar-refractivity contribution in [3.63, 3.8) is 0 Å². The molecule has 2 aromatic heterocycles. The number of nitrogens with two attached hydrogens (primary N) is 1. The van der Waals surface area contributed by atoms with Gasteiger partial charge in [0.2, 0.25) is 5.91 Å². The molecule has 0 aliphatic carbocycles. The van der Waals surface area contributed by atoms with Crippen molar-refractivity contribution < 1.29 is 9.59 Å². The fourth-order valence-electron chi connectivity index (χ4n) is 5.11. The molecule has 4 aromatic rings. The van der Waals surface area contributed by atoms with E-state index in [-0.39, 0.29) is 17.9 Å². The zero-order chi connectivity index (χ0) is 28.4. The van der Waals surface area contributed by atoms with E-state index in [2.05, 4.69) is 29.1 Å². The van der Waals surface area contributed by atoms with Crippen LogP contribution in [-0.2, 0) is 4.79 Å². The van der Waals surface area contributed by atoms with E-state index in [1.54, 1.807) is 12.1 Å². The zero-order valence-corrected chi connectivity index (χ0v) is 23.4. The molecular weight excluding hydrogens is 502 g/mol. The van der Waals surface area contributed by atoms with Gasteiger partial charge in [-0.2, -0.15) is 5.10 Å². The molecule has 1 aliphatic heterocycles. The molecule has 9 heteroatoms. The quantitative estimate of drug-likeness (QED) is 0.310. The molecule has 0 spiro atoms. The van der Waals surface area contributed by atoms with Crippen molar-refractivity contribution in [1.29, 1.82) is 0 Å². The Kier molecular flexibility index (Phi) is 7.64. The molecule has 1 aliphatic rings. The number of carbonyl (C=O) groups excluding carboxylic acids is 2. The number of hydrogen-bond acceptors (Lipinski definition) is 6. The maximum absolute atomic E-state index is 13.1. The van der Waals surface area contributed by atoms with Crippen molar-refractivity contribution in [2.75, 3.05) is 24.1 Å². The molecule has 0 radical (unpaired) electrons. The second-order valence-electron chi connectivity index (χ2n) is 10.9. The highest BCUT2D eigenvalue weighted by molar-refractivity contribution is 6.06. The van der Waals surface area contributed by atoms with E-state index in [1.165, 1.54) is 11.9 Å². The van der Waals surface area contributed by atoms with Gasteiger partial charge in [0.1, 0.15) is 17.8 Å². The van der Waals surface area contributed by atoms with E-state index in [9.17, 15) is 9.59 Å². The minimum absolute atomic E-state index is 0.00749. The fraction of sp³-hybridized carbons (Fsp3) is 0.323. The van der Waals surface area contributed by atoms with Gasteiger partial charge in [0, 0.05) is 36.0 Å². The second kappa shape index (κ2) is 11.3. The smallest absolute Gasteiger partial charge is 0.255 e. The summed E-state index contributed by atoms with van der Waals surface area (Å²) in [4.78, 5) is 36.5. The van der Waals surface area contributed by atoms with Crippen LogP contribution in [0.15, 0.2) is 66.5 Å². The van der Waals surface area contributed by atoms with Crippen LogP contribution < -0.4 is 11.1 Å². The summed E-state index contributed by atoms with van der Waals surface area (Å²) in [6.45, 7) is 9.35.